The maximum absolute atomic E-state index is 6.05. The molecule has 3 atom stereocenters. The molecule has 1 saturated carbocycles. The zero-order valence-corrected chi connectivity index (χ0v) is 7.67. The van der Waals surface area contributed by atoms with Crippen molar-refractivity contribution in [2.45, 2.75) is 32.4 Å². The number of hydrogen-bond acceptors (Lipinski definition) is 2. The van der Waals surface area contributed by atoms with Crippen LogP contribution in [0.4, 0.5) is 0 Å². The van der Waals surface area contributed by atoms with Gasteiger partial charge in [-0.15, -0.1) is 0 Å². The van der Waals surface area contributed by atoms with Gasteiger partial charge in [0.2, 0.25) is 0 Å². The lowest BCUT2D eigenvalue weighted by Crippen LogP contribution is -2.38. The second-order valence-corrected chi connectivity index (χ2v) is 4.63. The quantitative estimate of drug-likeness (QED) is 0.601. The van der Waals surface area contributed by atoms with Gasteiger partial charge in [0.25, 0.3) is 0 Å². The largest absolute Gasteiger partial charge is 0.325 e. The predicted molar refractivity (Wildman–Crippen MR) is 46.3 cm³/mol. The minimum absolute atomic E-state index is 0.186. The van der Waals surface area contributed by atoms with Gasteiger partial charge in [0.1, 0.15) is 0 Å². The van der Waals surface area contributed by atoms with E-state index in [-0.39, 0.29) is 5.54 Å². The summed E-state index contributed by atoms with van der Waals surface area (Å²) in [7, 11) is 0. The molecule has 2 N–H and O–H groups in total. The normalized spacial score (nSPS) is 49.9. The van der Waals surface area contributed by atoms with E-state index in [1.165, 1.54) is 13.1 Å². The lowest BCUT2D eigenvalue weighted by atomic mass is 10.2. The summed E-state index contributed by atoms with van der Waals surface area (Å²) in [5.74, 6) is 1.59. The minimum atomic E-state index is 0.186. The highest BCUT2D eigenvalue weighted by atomic mass is 15.2. The average molecular weight is 154 g/mol. The number of hydrogen-bond donors (Lipinski definition) is 1. The lowest BCUT2D eigenvalue weighted by molar-refractivity contribution is 0.229. The van der Waals surface area contributed by atoms with Crippen molar-refractivity contribution in [3.8, 4) is 0 Å². The first kappa shape index (κ1) is 7.56. The molecule has 2 rings (SSSR count). The van der Waals surface area contributed by atoms with Gasteiger partial charge < -0.3 is 10.6 Å². The van der Waals surface area contributed by atoms with Crippen LogP contribution >= 0.6 is 0 Å². The van der Waals surface area contributed by atoms with Gasteiger partial charge in [-0.25, -0.2) is 0 Å². The van der Waals surface area contributed by atoms with Crippen molar-refractivity contribution < 1.29 is 0 Å². The van der Waals surface area contributed by atoms with Crippen LogP contribution in [0.3, 0.4) is 0 Å². The van der Waals surface area contributed by atoms with Crippen LogP contribution in [0.5, 0.6) is 0 Å². The smallest absolute Gasteiger partial charge is 0.0215 e. The van der Waals surface area contributed by atoms with Crippen molar-refractivity contribution in [3.63, 3.8) is 0 Å². The SMILES string of the molecule is CC(C)N1C[C@@H]2[C@H](C1)C2(C)N. The van der Waals surface area contributed by atoms with Crippen molar-refractivity contribution in [2.75, 3.05) is 13.1 Å². The fourth-order valence-electron chi connectivity index (χ4n) is 2.37. The molecule has 2 aliphatic rings. The third-order valence-corrected chi connectivity index (χ3v) is 3.57. The molecule has 0 aromatic heterocycles. The number of rotatable bonds is 1. The van der Waals surface area contributed by atoms with Crippen LogP contribution in [0, 0.1) is 11.8 Å². The number of fused-ring (bicyclic) bond motifs is 1. The minimum Gasteiger partial charge on any atom is -0.325 e. The van der Waals surface area contributed by atoms with E-state index in [0.717, 1.165) is 11.8 Å². The Morgan fingerprint density at radius 1 is 1.36 bits per heavy atom. The highest BCUT2D eigenvalue weighted by Gasteiger charge is 2.62. The van der Waals surface area contributed by atoms with Crippen molar-refractivity contribution in [1.29, 1.82) is 0 Å². The van der Waals surface area contributed by atoms with Crippen LogP contribution in [0.2, 0.25) is 0 Å². The summed E-state index contributed by atoms with van der Waals surface area (Å²) in [5, 5.41) is 0. The maximum Gasteiger partial charge on any atom is 0.0215 e. The topological polar surface area (TPSA) is 29.3 Å². The Balaban J connectivity index is 1.95. The van der Waals surface area contributed by atoms with Gasteiger partial charge in [0.05, 0.1) is 0 Å². The van der Waals surface area contributed by atoms with Gasteiger partial charge in [-0.3, -0.25) is 0 Å². The molecule has 0 aromatic rings. The maximum atomic E-state index is 6.05. The molecule has 1 saturated heterocycles. The summed E-state index contributed by atoms with van der Waals surface area (Å²) in [4.78, 5) is 2.53. The molecule has 0 radical (unpaired) electrons. The van der Waals surface area contributed by atoms with E-state index >= 15 is 0 Å². The van der Waals surface area contributed by atoms with Gasteiger partial charge in [0.15, 0.2) is 0 Å². The van der Waals surface area contributed by atoms with E-state index in [1.807, 2.05) is 0 Å². The van der Waals surface area contributed by atoms with Crippen LogP contribution in [-0.4, -0.2) is 29.6 Å². The Bertz CT molecular complexity index is 160. The summed E-state index contributed by atoms with van der Waals surface area (Å²) in [5.41, 5.74) is 6.24. The molecule has 1 heterocycles. The number of nitrogens with two attached hydrogens (primary N) is 1. The Morgan fingerprint density at radius 2 is 1.82 bits per heavy atom. The molecule has 11 heavy (non-hydrogen) atoms. The summed E-state index contributed by atoms with van der Waals surface area (Å²) in [6.45, 7) is 9.18. The predicted octanol–water partition coefficient (Wildman–Crippen LogP) is 0.674. The molecule has 0 amide bonds. The monoisotopic (exact) mass is 154 g/mol. The second kappa shape index (κ2) is 1.99. The third kappa shape index (κ3) is 0.926. The first-order valence-electron chi connectivity index (χ1n) is 4.56. The van der Waals surface area contributed by atoms with Crippen molar-refractivity contribution >= 4 is 0 Å². The van der Waals surface area contributed by atoms with Gasteiger partial charge in [-0.2, -0.15) is 0 Å². The fourth-order valence-corrected chi connectivity index (χ4v) is 2.37. The Morgan fingerprint density at radius 3 is 2.18 bits per heavy atom. The van der Waals surface area contributed by atoms with Crippen molar-refractivity contribution in [3.05, 3.63) is 0 Å². The van der Waals surface area contributed by atoms with Gasteiger partial charge in [-0.05, 0) is 32.6 Å². The Hall–Kier alpha value is -0.0800. The van der Waals surface area contributed by atoms with Crippen molar-refractivity contribution in [1.82, 2.24) is 4.90 Å². The van der Waals surface area contributed by atoms with Crippen LogP contribution in [0.25, 0.3) is 0 Å². The zero-order valence-electron chi connectivity index (χ0n) is 7.67. The molecule has 0 spiro atoms. The Kier molecular flexibility index (Phi) is 1.37. The van der Waals surface area contributed by atoms with E-state index in [1.54, 1.807) is 0 Å². The lowest BCUT2D eigenvalue weighted by Gasteiger charge is -2.25. The highest BCUT2D eigenvalue weighted by molar-refractivity contribution is 5.18. The summed E-state index contributed by atoms with van der Waals surface area (Å²) in [6.07, 6.45) is 0. The molecule has 1 unspecified atom stereocenters. The third-order valence-electron chi connectivity index (χ3n) is 3.57. The summed E-state index contributed by atoms with van der Waals surface area (Å²) >= 11 is 0. The molecule has 2 nitrogen and oxygen atoms in total. The fraction of sp³-hybridized carbons (Fsp3) is 1.00. The first-order valence-corrected chi connectivity index (χ1v) is 4.56. The van der Waals surface area contributed by atoms with E-state index in [0.29, 0.717) is 6.04 Å². The van der Waals surface area contributed by atoms with E-state index in [9.17, 15) is 0 Å². The molecule has 2 heteroatoms. The van der Waals surface area contributed by atoms with Crippen LogP contribution < -0.4 is 5.73 Å². The molecule has 1 aliphatic carbocycles. The molecule has 0 aromatic carbocycles. The van der Waals surface area contributed by atoms with Gasteiger partial charge in [-0.1, -0.05) is 0 Å². The van der Waals surface area contributed by atoms with Crippen LogP contribution in [-0.2, 0) is 0 Å². The molecule has 1 aliphatic heterocycles. The summed E-state index contributed by atoms with van der Waals surface area (Å²) < 4.78 is 0. The van der Waals surface area contributed by atoms with Gasteiger partial charge in [0, 0.05) is 24.7 Å². The standard InChI is InChI=1S/C9H18N2/c1-6(2)11-4-7-8(5-11)9(7,3)10/h6-8H,4-5,10H2,1-3H3/t7-,8+,9?. The summed E-state index contributed by atoms with van der Waals surface area (Å²) in [6, 6.07) is 0.707. The first-order chi connectivity index (χ1) is 5.03. The second-order valence-electron chi connectivity index (χ2n) is 4.63. The highest BCUT2D eigenvalue weighted by Crippen LogP contribution is 2.53. The van der Waals surface area contributed by atoms with Crippen LogP contribution in [0.15, 0.2) is 0 Å². The molecule has 0 bridgehead atoms. The molecule has 2 fully saturated rings. The zero-order chi connectivity index (χ0) is 8.22. The number of nitrogens with zero attached hydrogens (tertiary/aromatic N) is 1. The van der Waals surface area contributed by atoms with Crippen LogP contribution in [0.1, 0.15) is 20.8 Å². The number of piperidine rings is 1. The van der Waals surface area contributed by atoms with Crippen molar-refractivity contribution in [2.24, 2.45) is 17.6 Å². The van der Waals surface area contributed by atoms with E-state index in [4.69, 9.17) is 5.73 Å². The average Bonchev–Trinajstić information content (AvgIpc) is 2.28. The van der Waals surface area contributed by atoms with E-state index < -0.39 is 0 Å². The Labute approximate surface area is 68.7 Å². The van der Waals surface area contributed by atoms with E-state index in [2.05, 4.69) is 25.7 Å². The number of likely N-dealkylation sites (tertiary alicyclic amines) is 1. The van der Waals surface area contributed by atoms with Gasteiger partial charge >= 0.3 is 0 Å². The molecule has 64 valence electrons. The molecular formula is C9H18N2. The molecular weight excluding hydrogens is 136 g/mol.